The summed E-state index contributed by atoms with van der Waals surface area (Å²) in [6.45, 7) is 63.1. The SMILES string of the molecule is CC(C)[CH2][Sn]([CH2]C[Si](C[CH2][Sn]([CH2]C(C)C)([CH2]C(C)C)[CH2]C(C)C)(C[CH2][Sn]([CH2]C(C)C)([CH2]C(C)C)[CH2]C(C)C)C[CH2][Sn]([CH2]C(C)C)([CH2]C(C)C)[CH2]C(C)C)([CH2]C(C)C)[CH2]C(C)C. The van der Waals surface area contributed by atoms with Gasteiger partial charge >= 0.3 is 414 Å². The topological polar surface area (TPSA) is 0 Å². The number of hydrogen-bond donors (Lipinski definition) is 0. The van der Waals surface area contributed by atoms with Crippen molar-refractivity contribution >= 4 is 81.6 Å². The van der Waals surface area contributed by atoms with Crippen LogP contribution in [0.4, 0.5) is 0 Å². The van der Waals surface area contributed by atoms with Crippen molar-refractivity contribution in [1.29, 1.82) is 0 Å². The Hall–Kier alpha value is 3.41. The second-order valence-corrected chi connectivity index (χ2v) is 87.6. The molecule has 0 atom stereocenters. The fourth-order valence-electron chi connectivity index (χ4n) is 15.5. The third-order valence-corrected chi connectivity index (χ3v) is 98.4. The third kappa shape index (κ3) is 28.6. The standard InChI is InChI=1S/C8H16Si.12C4H9.4Sn/c1-5-9(6-2,7-3)8-4;12*1-4(2)3;;;;/h1-8H2;12*4H,1H2,2-3H3;;;;. The van der Waals surface area contributed by atoms with Crippen molar-refractivity contribution in [3.8, 4) is 0 Å². The van der Waals surface area contributed by atoms with Gasteiger partial charge < -0.3 is 0 Å². The predicted molar refractivity (Wildman–Crippen MR) is 303 cm³/mol. The summed E-state index contributed by atoms with van der Waals surface area (Å²) < 4.78 is 27.1. The molecule has 0 aliphatic rings. The van der Waals surface area contributed by atoms with Gasteiger partial charge in [0.15, 0.2) is 0 Å². The average molecular weight is 1300 g/mol. The first kappa shape index (κ1) is 64.4. The van der Waals surface area contributed by atoms with E-state index in [9.17, 15) is 0 Å². The van der Waals surface area contributed by atoms with E-state index in [-0.39, 0.29) is 0 Å². The van der Waals surface area contributed by atoms with Crippen LogP contribution < -0.4 is 0 Å². The van der Waals surface area contributed by atoms with Crippen molar-refractivity contribution in [2.24, 2.45) is 71.0 Å². The van der Waals surface area contributed by atoms with Crippen molar-refractivity contribution in [1.82, 2.24) is 0 Å². The molecule has 0 aliphatic carbocycles. The number of rotatable bonds is 36. The summed E-state index contributed by atoms with van der Waals surface area (Å²) in [6, 6.07) is 7.12. The van der Waals surface area contributed by atoms with Crippen LogP contribution in [0.2, 0.25) is 95.2 Å². The zero-order chi connectivity index (χ0) is 47.6. The van der Waals surface area contributed by atoms with Crippen LogP contribution in [0, 0.1) is 71.0 Å². The minimum atomic E-state index is -2.49. The molecule has 0 fully saturated rings. The molecule has 0 aromatic heterocycles. The summed E-state index contributed by atoms with van der Waals surface area (Å²) in [4.78, 5) is 0. The van der Waals surface area contributed by atoms with Crippen LogP contribution >= 0.6 is 0 Å². The molecular weight excluding hydrogens is 1180 g/mol. The van der Waals surface area contributed by atoms with Crippen LogP contribution in [0.3, 0.4) is 0 Å². The first-order valence-electron chi connectivity index (χ1n) is 27.8. The molecule has 61 heavy (non-hydrogen) atoms. The summed E-state index contributed by atoms with van der Waals surface area (Å²) in [5.74, 6) is 10.6. The van der Waals surface area contributed by atoms with E-state index in [2.05, 4.69) is 166 Å². The molecule has 368 valence electrons. The molecule has 0 saturated carbocycles. The molecule has 0 aliphatic heterocycles. The van der Waals surface area contributed by atoms with E-state index in [1.807, 2.05) is 0 Å². The van der Waals surface area contributed by atoms with Crippen molar-refractivity contribution in [2.45, 2.75) is 261 Å². The van der Waals surface area contributed by atoms with Gasteiger partial charge in [-0.3, -0.25) is 0 Å². The van der Waals surface area contributed by atoms with Crippen LogP contribution in [0.15, 0.2) is 0 Å². The van der Waals surface area contributed by atoms with E-state index < -0.39 is 81.6 Å². The quantitative estimate of drug-likeness (QED) is 0.0549. The molecule has 0 heterocycles. The van der Waals surface area contributed by atoms with Gasteiger partial charge in [0.25, 0.3) is 0 Å². The average Bonchev–Trinajstić information content (AvgIpc) is 3.00. The second-order valence-electron chi connectivity index (χ2n) is 28.7. The molecular formula is C56H124SiSn4. The molecule has 0 unspecified atom stereocenters. The summed E-state index contributed by atoms with van der Waals surface area (Å²) in [7, 11) is -1.64. The minimum absolute atomic E-state index is 0.885. The van der Waals surface area contributed by atoms with E-state index in [0.717, 1.165) is 71.0 Å². The van der Waals surface area contributed by atoms with Crippen LogP contribution in [0.1, 0.15) is 166 Å². The van der Waals surface area contributed by atoms with Gasteiger partial charge in [0.1, 0.15) is 0 Å². The Kier molecular flexibility index (Phi) is 32.6. The zero-order valence-corrected chi connectivity index (χ0v) is 60.0. The van der Waals surface area contributed by atoms with Crippen LogP contribution in [-0.4, -0.2) is 81.6 Å². The predicted octanol–water partition coefficient (Wildman–Crippen LogP) is 21.1. The van der Waals surface area contributed by atoms with E-state index >= 15 is 0 Å². The van der Waals surface area contributed by atoms with E-state index in [4.69, 9.17) is 0 Å². The van der Waals surface area contributed by atoms with E-state index in [0.29, 0.717) is 0 Å². The van der Waals surface area contributed by atoms with Gasteiger partial charge in [-0.05, 0) is 0 Å². The normalized spacial score (nSPS) is 14.4. The summed E-state index contributed by atoms with van der Waals surface area (Å²) in [5.41, 5.74) is 0. The molecule has 0 saturated heterocycles. The Morgan fingerprint density at radius 2 is 0.295 bits per heavy atom. The fraction of sp³-hybridized carbons (Fsp3) is 1.00. The van der Waals surface area contributed by atoms with Gasteiger partial charge in [-0.25, -0.2) is 0 Å². The summed E-state index contributed by atoms with van der Waals surface area (Å²) >= 11 is -9.95. The molecule has 0 bridgehead atoms. The maximum atomic E-state index is 2.63. The van der Waals surface area contributed by atoms with Gasteiger partial charge in [-0.1, -0.05) is 0 Å². The van der Waals surface area contributed by atoms with Crippen LogP contribution in [0.25, 0.3) is 0 Å². The molecule has 0 aromatic carbocycles. The first-order valence-corrected chi connectivity index (χ1v) is 62.9. The van der Waals surface area contributed by atoms with Crippen LogP contribution in [-0.2, 0) is 0 Å². The van der Waals surface area contributed by atoms with Crippen molar-refractivity contribution in [3.63, 3.8) is 0 Å². The second kappa shape index (κ2) is 30.9. The zero-order valence-electron chi connectivity index (χ0n) is 47.6. The first-order chi connectivity index (χ1) is 27.8. The summed E-state index contributed by atoms with van der Waals surface area (Å²) in [6.07, 6.45) is 0. The van der Waals surface area contributed by atoms with Gasteiger partial charge in [-0.2, -0.15) is 0 Å². The molecule has 0 rings (SSSR count). The Balaban J connectivity index is 8.43. The molecule has 0 aromatic rings. The van der Waals surface area contributed by atoms with Crippen molar-refractivity contribution < 1.29 is 0 Å². The Morgan fingerprint density at radius 1 is 0.197 bits per heavy atom. The van der Waals surface area contributed by atoms with Gasteiger partial charge in [0, 0.05) is 0 Å². The Bertz CT molecular complexity index is 820. The monoisotopic (exact) mass is 1300 g/mol. The van der Waals surface area contributed by atoms with E-state index in [1.54, 1.807) is 95.2 Å². The van der Waals surface area contributed by atoms with E-state index in [1.165, 1.54) is 0 Å². The summed E-state index contributed by atoms with van der Waals surface area (Å²) in [5, 5.41) is 0. The van der Waals surface area contributed by atoms with Gasteiger partial charge in [0.05, 0.1) is 0 Å². The Morgan fingerprint density at radius 3 is 0.377 bits per heavy atom. The molecule has 0 N–H and O–H groups in total. The van der Waals surface area contributed by atoms with Gasteiger partial charge in [0.2, 0.25) is 0 Å². The third-order valence-electron chi connectivity index (χ3n) is 14.8. The molecule has 0 spiro atoms. The van der Waals surface area contributed by atoms with Crippen molar-refractivity contribution in [2.75, 3.05) is 0 Å². The molecule has 0 nitrogen and oxygen atoms in total. The van der Waals surface area contributed by atoms with Crippen molar-refractivity contribution in [3.05, 3.63) is 0 Å². The van der Waals surface area contributed by atoms with Gasteiger partial charge in [-0.15, -0.1) is 0 Å². The fourth-order valence-corrected chi connectivity index (χ4v) is 130. The maximum absolute atomic E-state index is 2.63. The number of hydrogen-bond acceptors (Lipinski definition) is 0. The van der Waals surface area contributed by atoms with Crippen LogP contribution in [0.5, 0.6) is 0 Å². The molecule has 5 heteroatoms. The molecule has 0 radical (unpaired) electrons. The molecule has 0 amide bonds. The Labute approximate surface area is 409 Å².